The number of halogens is 2. The van der Waals surface area contributed by atoms with E-state index in [4.69, 9.17) is 0 Å². The van der Waals surface area contributed by atoms with Crippen molar-refractivity contribution in [1.29, 1.82) is 0 Å². The molecule has 4 rings (SSSR count). The SMILES string of the molecule is O=c1[nH]c(=O)n(Cc2nc3ccccc3n2Cc2cccc(F)c2)cc1F. The number of benzene rings is 2. The maximum Gasteiger partial charge on any atom is 0.328 e. The predicted molar refractivity (Wildman–Crippen MR) is 95.6 cm³/mol. The Bertz CT molecular complexity index is 1260. The van der Waals surface area contributed by atoms with Crippen molar-refractivity contribution >= 4 is 11.0 Å². The Labute approximate surface area is 151 Å². The van der Waals surface area contributed by atoms with Crippen LogP contribution in [0, 0.1) is 11.6 Å². The molecule has 0 saturated heterocycles. The second kappa shape index (κ2) is 6.64. The van der Waals surface area contributed by atoms with Gasteiger partial charge in [-0.1, -0.05) is 24.3 Å². The van der Waals surface area contributed by atoms with Crippen LogP contribution in [-0.2, 0) is 13.1 Å². The summed E-state index contributed by atoms with van der Waals surface area (Å²) in [5, 5.41) is 0. The van der Waals surface area contributed by atoms with Gasteiger partial charge in [-0.15, -0.1) is 0 Å². The lowest BCUT2D eigenvalue weighted by Crippen LogP contribution is -2.32. The largest absolute Gasteiger partial charge is 0.328 e. The molecule has 0 saturated carbocycles. The minimum atomic E-state index is -1.07. The predicted octanol–water partition coefficient (Wildman–Crippen LogP) is 2.26. The summed E-state index contributed by atoms with van der Waals surface area (Å²) in [6, 6.07) is 13.5. The fourth-order valence-corrected chi connectivity index (χ4v) is 2.99. The summed E-state index contributed by atoms with van der Waals surface area (Å²) in [6.07, 6.45) is 0.854. The maximum absolute atomic E-state index is 13.6. The standard InChI is InChI=1S/C19H14F2N4O2/c20-13-5-3-4-12(8-13)9-25-16-7-2-1-6-15(16)22-17(25)11-24-10-14(21)18(26)23-19(24)27/h1-8,10H,9,11H2,(H,23,26,27). The van der Waals surface area contributed by atoms with E-state index in [0.29, 0.717) is 17.9 Å². The van der Waals surface area contributed by atoms with Crippen LogP contribution in [0.4, 0.5) is 8.78 Å². The number of hydrogen-bond acceptors (Lipinski definition) is 3. The smallest absolute Gasteiger partial charge is 0.322 e. The first-order valence-electron chi connectivity index (χ1n) is 8.19. The lowest BCUT2D eigenvalue weighted by Gasteiger charge is -2.11. The third-order valence-corrected chi connectivity index (χ3v) is 4.24. The molecule has 6 nitrogen and oxygen atoms in total. The van der Waals surface area contributed by atoms with E-state index in [9.17, 15) is 18.4 Å². The van der Waals surface area contributed by atoms with Crippen molar-refractivity contribution in [2.45, 2.75) is 13.1 Å². The van der Waals surface area contributed by atoms with Crippen molar-refractivity contribution in [2.75, 3.05) is 0 Å². The molecule has 0 radical (unpaired) electrons. The molecule has 0 unspecified atom stereocenters. The minimum absolute atomic E-state index is 0.0451. The number of nitrogens with one attached hydrogen (secondary N) is 1. The topological polar surface area (TPSA) is 72.7 Å². The van der Waals surface area contributed by atoms with E-state index in [-0.39, 0.29) is 12.4 Å². The average molecular weight is 368 g/mol. The third-order valence-electron chi connectivity index (χ3n) is 4.24. The molecule has 0 bridgehead atoms. The number of hydrogen-bond donors (Lipinski definition) is 1. The Balaban J connectivity index is 1.82. The average Bonchev–Trinajstić information content (AvgIpc) is 2.97. The summed E-state index contributed by atoms with van der Waals surface area (Å²) in [4.78, 5) is 29.6. The first kappa shape index (κ1) is 16.9. The molecule has 0 aliphatic carbocycles. The van der Waals surface area contributed by atoms with Gasteiger partial charge in [-0.3, -0.25) is 14.3 Å². The summed E-state index contributed by atoms with van der Waals surface area (Å²) in [6.45, 7) is 0.282. The van der Waals surface area contributed by atoms with Gasteiger partial charge in [-0.2, -0.15) is 4.39 Å². The molecular formula is C19H14F2N4O2. The molecule has 0 spiro atoms. The molecule has 0 amide bonds. The van der Waals surface area contributed by atoms with Crippen LogP contribution in [0.2, 0.25) is 0 Å². The molecule has 2 heterocycles. The fourth-order valence-electron chi connectivity index (χ4n) is 2.99. The van der Waals surface area contributed by atoms with Crippen LogP contribution in [0.15, 0.2) is 64.3 Å². The zero-order chi connectivity index (χ0) is 19.0. The number of aromatic nitrogens is 4. The minimum Gasteiger partial charge on any atom is -0.322 e. The van der Waals surface area contributed by atoms with Crippen molar-refractivity contribution in [2.24, 2.45) is 0 Å². The molecule has 136 valence electrons. The van der Waals surface area contributed by atoms with Gasteiger partial charge in [-0.25, -0.2) is 14.2 Å². The van der Waals surface area contributed by atoms with Crippen LogP contribution in [-0.4, -0.2) is 19.1 Å². The molecule has 27 heavy (non-hydrogen) atoms. The van der Waals surface area contributed by atoms with Crippen molar-refractivity contribution in [3.63, 3.8) is 0 Å². The fraction of sp³-hybridized carbons (Fsp3) is 0.105. The van der Waals surface area contributed by atoms with Crippen molar-refractivity contribution in [1.82, 2.24) is 19.1 Å². The molecular weight excluding hydrogens is 354 g/mol. The van der Waals surface area contributed by atoms with Gasteiger partial charge >= 0.3 is 5.69 Å². The van der Waals surface area contributed by atoms with Gasteiger partial charge in [0.25, 0.3) is 5.56 Å². The van der Waals surface area contributed by atoms with Crippen molar-refractivity contribution in [3.05, 3.63) is 98.6 Å². The summed E-state index contributed by atoms with van der Waals surface area (Å²) in [7, 11) is 0. The van der Waals surface area contributed by atoms with Crippen LogP contribution in [0.25, 0.3) is 11.0 Å². The number of rotatable bonds is 4. The normalized spacial score (nSPS) is 11.2. The van der Waals surface area contributed by atoms with Gasteiger partial charge in [0, 0.05) is 6.54 Å². The molecule has 1 N–H and O–H groups in total. The second-order valence-corrected chi connectivity index (χ2v) is 6.10. The lowest BCUT2D eigenvalue weighted by atomic mass is 10.2. The van der Waals surface area contributed by atoms with E-state index in [2.05, 4.69) is 4.98 Å². The number of para-hydroxylation sites is 2. The van der Waals surface area contributed by atoms with Crippen LogP contribution < -0.4 is 11.2 Å². The summed E-state index contributed by atoms with van der Waals surface area (Å²) in [5.41, 5.74) is 0.422. The van der Waals surface area contributed by atoms with E-state index in [1.165, 1.54) is 12.1 Å². The summed E-state index contributed by atoms with van der Waals surface area (Å²) >= 11 is 0. The molecule has 0 aliphatic rings. The first-order chi connectivity index (χ1) is 13.0. The number of imidazole rings is 1. The monoisotopic (exact) mass is 368 g/mol. The lowest BCUT2D eigenvalue weighted by molar-refractivity contribution is 0.555. The van der Waals surface area contributed by atoms with Gasteiger partial charge in [0.1, 0.15) is 11.6 Å². The highest BCUT2D eigenvalue weighted by molar-refractivity contribution is 5.76. The number of fused-ring (bicyclic) bond motifs is 1. The first-order valence-corrected chi connectivity index (χ1v) is 8.19. The van der Waals surface area contributed by atoms with Gasteiger partial charge < -0.3 is 4.57 Å². The third kappa shape index (κ3) is 3.29. The van der Waals surface area contributed by atoms with Crippen LogP contribution in [0.1, 0.15) is 11.4 Å². The molecule has 4 aromatic rings. The van der Waals surface area contributed by atoms with Gasteiger partial charge in [-0.05, 0) is 29.8 Å². The Morgan fingerprint density at radius 2 is 1.81 bits per heavy atom. The highest BCUT2D eigenvalue weighted by atomic mass is 19.1. The molecule has 0 aliphatic heterocycles. The van der Waals surface area contributed by atoms with Gasteiger partial charge in [0.05, 0.1) is 23.8 Å². The molecule has 2 aromatic heterocycles. The van der Waals surface area contributed by atoms with E-state index < -0.39 is 17.1 Å². The number of aromatic amines is 1. The molecule has 2 aromatic carbocycles. The van der Waals surface area contributed by atoms with E-state index in [1.807, 2.05) is 33.8 Å². The molecule has 0 fully saturated rings. The van der Waals surface area contributed by atoms with Crippen LogP contribution in [0.5, 0.6) is 0 Å². The van der Waals surface area contributed by atoms with Crippen molar-refractivity contribution < 1.29 is 8.78 Å². The van der Waals surface area contributed by atoms with Crippen LogP contribution >= 0.6 is 0 Å². The molecule has 8 heteroatoms. The second-order valence-electron chi connectivity index (χ2n) is 6.10. The van der Waals surface area contributed by atoms with E-state index in [1.54, 1.807) is 12.1 Å². The summed E-state index contributed by atoms with van der Waals surface area (Å²) in [5.74, 6) is -0.922. The molecule has 0 atom stereocenters. The summed E-state index contributed by atoms with van der Waals surface area (Å²) < 4.78 is 30.0. The van der Waals surface area contributed by atoms with E-state index >= 15 is 0 Å². The Morgan fingerprint density at radius 3 is 2.63 bits per heavy atom. The van der Waals surface area contributed by atoms with Crippen molar-refractivity contribution in [3.8, 4) is 0 Å². The Kier molecular flexibility index (Phi) is 4.15. The number of H-pyrrole nitrogens is 1. The quantitative estimate of drug-likeness (QED) is 0.601. The zero-order valence-corrected chi connectivity index (χ0v) is 14.0. The van der Waals surface area contributed by atoms with Crippen LogP contribution in [0.3, 0.4) is 0 Å². The van der Waals surface area contributed by atoms with Gasteiger partial charge in [0.15, 0.2) is 0 Å². The Hall–Kier alpha value is -3.55. The number of nitrogens with zero attached hydrogens (tertiary/aromatic N) is 3. The van der Waals surface area contributed by atoms with Gasteiger partial charge in [0.2, 0.25) is 5.82 Å². The zero-order valence-electron chi connectivity index (χ0n) is 14.0. The maximum atomic E-state index is 13.6. The highest BCUT2D eigenvalue weighted by Crippen LogP contribution is 2.19. The highest BCUT2D eigenvalue weighted by Gasteiger charge is 2.13. The Morgan fingerprint density at radius 1 is 1.00 bits per heavy atom. The van der Waals surface area contributed by atoms with E-state index in [0.717, 1.165) is 21.8 Å².